The number of rotatable bonds is 3. The van der Waals surface area contributed by atoms with E-state index in [-0.39, 0.29) is 17.7 Å². The van der Waals surface area contributed by atoms with Gasteiger partial charge >= 0.3 is 6.03 Å². The van der Waals surface area contributed by atoms with Crippen LogP contribution >= 0.6 is 11.8 Å². The fourth-order valence-electron chi connectivity index (χ4n) is 4.51. The van der Waals surface area contributed by atoms with E-state index in [1.165, 1.54) is 12.2 Å². The maximum atomic E-state index is 12.7. The van der Waals surface area contributed by atoms with E-state index in [9.17, 15) is 4.79 Å². The maximum Gasteiger partial charge on any atom is 0.317 e. The number of hydrogen-bond donors (Lipinski definition) is 1. The van der Waals surface area contributed by atoms with Gasteiger partial charge in [0.15, 0.2) is 0 Å². The molecule has 0 aromatic heterocycles. The Hall–Kier alpha value is -0.500. The van der Waals surface area contributed by atoms with E-state index in [4.69, 9.17) is 9.47 Å². The predicted molar refractivity (Wildman–Crippen MR) is 99.1 cm³/mol. The highest BCUT2D eigenvalue weighted by atomic mass is 32.2. The van der Waals surface area contributed by atoms with Crippen LogP contribution in [0.5, 0.6) is 0 Å². The van der Waals surface area contributed by atoms with Crippen molar-refractivity contribution in [3.63, 3.8) is 0 Å². The predicted octanol–water partition coefficient (Wildman–Crippen LogP) is 1.40. The molecule has 3 unspecified atom stereocenters. The van der Waals surface area contributed by atoms with Crippen molar-refractivity contribution in [1.29, 1.82) is 0 Å². The van der Waals surface area contributed by atoms with Gasteiger partial charge in [0.2, 0.25) is 0 Å². The zero-order valence-electron chi connectivity index (χ0n) is 15.1. The molecule has 4 rings (SSSR count). The highest BCUT2D eigenvalue weighted by Gasteiger charge is 2.41. The average Bonchev–Trinajstić information content (AvgIpc) is 3.28. The lowest BCUT2D eigenvalue weighted by molar-refractivity contribution is -0.0689. The fourth-order valence-corrected chi connectivity index (χ4v) is 5.88. The molecule has 0 aromatic rings. The zero-order valence-corrected chi connectivity index (χ0v) is 15.9. The van der Waals surface area contributed by atoms with Crippen LogP contribution in [0.2, 0.25) is 0 Å². The van der Waals surface area contributed by atoms with Crippen molar-refractivity contribution in [3.8, 4) is 0 Å². The van der Waals surface area contributed by atoms with Gasteiger partial charge in [0.05, 0.1) is 12.2 Å². The second-order valence-electron chi connectivity index (χ2n) is 7.99. The Morgan fingerprint density at radius 3 is 2.80 bits per heavy atom. The Kier molecular flexibility index (Phi) is 5.74. The van der Waals surface area contributed by atoms with Crippen LogP contribution in [0.3, 0.4) is 0 Å². The van der Waals surface area contributed by atoms with Crippen molar-refractivity contribution < 1.29 is 14.3 Å². The van der Waals surface area contributed by atoms with Crippen LogP contribution in [0.1, 0.15) is 25.7 Å². The molecule has 4 aliphatic rings. The second-order valence-corrected chi connectivity index (χ2v) is 9.10. The van der Waals surface area contributed by atoms with E-state index in [1.807, 2.05) is 16.7 Å². The largest absolute Gasteiger partial charge is 0.381 e. The molecule has 4 fully saturated rings. The molecule has 6 nitrogen and oxygen atoms in total. The number of nitrogens with one attached hydrogen (secondary N) is 1. The lowest BCUT2D eigenvalue weighted by Crippen LogP contribution is -2.56. The van der Waals surface area contributed by atoms with Crippen LogP contribution in [0, 0.1) is 5.92 Å². The summed E-state index contributed by atoms with van der Waals surface area (Å²) in [4.78, 5) is 17.1. The summed E-state index contributed by atoms with van der Waals surface area (Å²) >= 11 is 1.98. The van der Waals surface area contributed by atoms with Gasteiger partial charge < -0.3 is 19.7 Å². The van der Waals surface area contributed by atoms with Crippen molar-refractivity contribution in [2.45, 2.75) is 37.3 Å². The van der Waals surface area contributed by atoms with Crippen molar-refractivity contribution >= 4 is 17.8 Å². The summed E-state index contributed by atoms with van der Waals surface area (Å²) in [5.41, 5.74) is 0.0307. The Morgan fingerprint density at radius 2 is 2.08 bits per heavy atom. The van der Waals surface area contributed by atoms with Gasteiger partial charge in [-0.2, -0.15) is 11.8 Å². The molecule has 0 saturated carbocycles. The third-order valence-corrected chi connectivity index (χ3v) is 7.31. The van der Waals surface area contributed by atoms with E-state index < -0.39 is 0 Å². The van der Waals surface area contributed by atoms with Gasteiger partial charge in [0, 0.05) is 57.7 Å². The molecule has 3 atom stereocenters. The number of urea groups is 1. The second kappa shape index (κ2) is 8.03. The van der Waals surface area contributed by atoms with Crippen molar-refractivity contribution in [1.82, 2.24) is 15.1 Å². The number of carbonyl (C=O) groups is 1. The number of amides is 2. The van der Waals surface area contributed by atoms with Gasteiger partial charge in [-0.25, -0.2) is 4.79 Å². The SMILES string of the molecule is O=C(NC1CCOC2(CCSC2)C1)N1CCN(CC2CCOC2)CC1. The minimum atomic E-state index is 0.0307. The topological polar surface area (TPSA) is 54.0 Å². The molecule has 4 aliphatic heterocycles. The molecular weight excluding hydrogens is 338 g/mol. The average molecular weight is 370 g/mol. The smallest absolute Gasteiger partial charge is 0.317 e. The van der Waals surface area contributed by atoms with Crippen molar-refractivity contribution in [3.05, 3.63) is 0 Å². The van der Waals surface area contributed by atoms with E-state index in [1.54, 1.807) is 0 Å². The first-order chi connectivity index (χ1) is 12.2. The Bertz CT molecular complexity index is 458. The molecule has 1 spiro atoms. The molecule has 25 heavy (non-hydrogen) atoms. The van der Waals surface area contributed by atoms with Crippen LogP contribution in [-0.2, 0) is 9.47 Å². The Labute approximate surface area is 155 Å². The summed E-state index contributed by atoms with van der Waals surface area (Å²) in [6.07, 6.45) is 4.24. The van der Waals surface area contributed by atoms with E-state index in [2.05, 4.69) is 10.2 Å². The summed E-state index contributed by atoms with van der Waals surface area (Å²) in [5.74, 6) is 2.96. The summed E-state index contributed by atoms with van der Waals surface area (Å²) in [5, 5.41) is 3.29. The fraction of sp³-hybridized carbons (Fsp3) is 0.944. The Balaban J connectivity index is 1.21. The maximum absolute atomic E-state index is 12.7. The lowest BCUT2D eigenvalue weighted by atomic mass is 9.90. The molecule has 4 heterocycles. The number of hydrogen-bond acceptors (Lipinski definition) is 5. The summed E-state index contributed by atoms with van der Waals surface area (Å²) in [7, 11) is 0. The minimum absolute atomic E-state index is 0.0307. The molecule has 0 aliphatic carbocycles. The van der Waals surface area contributed by atoms with Gasteiger partial charge in [-0.3, -0.25) is 4.90 Å². The number of thioether (sulfide) groups is 1. The molecule has 7 heteroatoms. The van der Waals surface area contributed by atoms with E-state index in [0.29, 0.717) is 5.92 Å². The number of piperazine rings is 1. The number of nitrogens with zero attached hydrogens (tertiary/aromatic N) is 2. The minimum Gasteiger partial charge on any atom is -0.381 e. The molecule has 2 amide bonds. The van der Waals surface area contributed by atoms with Crippen LogP contribution in [-0.4, -0.2) is 91.5 Å². The molecule has 0 bridgehead atoms. The molecular formula is C18H31N3O3S. The van der Waals surface area contributed by atoms with Crippen molar-refractivity contribution in [2.24, 2.45) is 5.92 Å². The first kappa shape index (κ1) is 17.9. The third kappa shape index (κ3) is 4.43. The third-order valence-electron chi connectivity index (χ3n) is 6.09. The summed E-state index contributed by atoms with van der Waals surface area (Å²) in [6.45, 7) is 7.37. The molecule has 1 N–H and O–H groups in total. The van der Waals surface area contributed by atoms with Crippen LogP contribution in [0.15, 0.2) is 0 Å². The molecule has 0 aromatic carbocycles. The van der Waals surface area contributed by atoms with Gasteiger partial charge in [0.1, 0.15) is 0 Å². The lowest BCUT2D eigenvalue weighted by Gasteiger charge is -2.40. The van der Waals surface area contributed by atoms with Crippen LogP contribution < -0.4 is 5.32 Å². The highest BCUT2D eigenvalue weighted by molar-refractivity contribution is 7.99. The van der Waals surface area contributed by atoms with Gasteiger partial charge in [-0.15, -0.1) is 0 Å². The number of ether oxygens (including phenoxy) is 2. The first-order valence-corrected chi connectivity index (χ1v) is 11.0. The first-order valence-electron chi connectivity index (χ1n) is 9.80. The van der Waals surface area contributed by atoms with E-state index >= 15 is 0 Å². The number of carbonyl (C=O) groups excluding carboxylic acids is 1. The van der Waals surface area contributed by atoms with Gasteiger partial charge in [-0.1, -0.05) is 0 Å². The molecule has 142 valence electrons. The summed E-state index contributed by atoms with van der Waals surface area (Å²) < 4.78 is 11.5. The summed E-state index contributed by atoms with van der Waals surface area (Å²) in [6, 6.07) is 0.394. The zero-order chi connectivity index (χ0) is 17.1. The van der Waals surface area contributed by atoms with Gasteiger partial charge in [0.25, 0.3) is 0 Å². The quantitative estimate of drug-likeness (QED) is 0.815. The van der Waals surface area contributed by atoms with Crippen LogP contribution in [0.4, 0.5) is 4.79 Å². The van der Waals surface area contributed by atoms with Gasteiger partial charge in [-0.05, 0) is 37.4 Å². The standard InChI is InChI=1S/C18H31N3O3S/c22-17(19-16-2-9-24-18(11-16)3-10-25-14-18)21-6-4-20(5-7-21)12-15-1-8-23-13-15/h15-16H,1-14H2,(H,19,22). The van der Waals surface area contributed by atoms with Crippen LogP contribution in [0.25, 0.3) is 0 Å². The molecule has 0 radical (unpaired) electrons. The normalized spacial score (nSPS) is 36.9. The highest BCUT2D eigenvalue weighted by Crippen LogP contribution is 2.38. The molecule has 4 saturated heterocycles. The Morgan fingerprint density at radius 1 is 1.20 bits per heavy atom. The monoisotopic (exact) mass is 369 g/mol. The van der Waals surface area contributed by atoms with Crippen molar-refractivity contribution in [2.75, 3.05) is 64.1 Å². The van der Waals surface area contributed by atoms with E-state index in [0.717, 1.165) is 77.6 Å².